The van der Waals surface area contributed by atoms with Gasteiger partial charge in [-0.2, -0.15) is 0 Å². The Labute approximate surface area is 122 Å². The smallest absolute Gasteiger partial charge is 0.221 e. The molecule has 110 valence electrons. The van der Waals surface area contributed by atoms with E-state index in [2.05, 4.69) is 41.8 Å². The van der Waals surface area contributed by atoms with Crippen LogP contribution in [0.3, 0.4) is 0 Å². The molecule has 0 atom stereocenters. The van der Waals surface area contributed by atoms with E-state index in [9.17, 15) is 4.79 Å². The highest BCUT2D eigenvalue weighted by atomic mass is 16.1. The topological polar surface area (TPSA) is 41.1 Å². The van der Waals surface area contributed by atoms with Gasteiger partial charge in [-0.3, -0.25) is 4.79 Å². The van der Waals surface area contributed by atoms with Crippen molar-refractivity contribution in [3.63, 3.8) is 0 Å². The largest absolute Gasteiger partial charge is 0.353 e. The summed E-state index contributed by atoms with van der Waals surface area (Å²) in [4.78, 5) is 11.8. The average molecular weight is 274 g/mol. The van der Waals surface area contributed by atoms with Gasteiger partial charge in [-0.05, 0) is 25.3 Å². The van der Waals surface area contributed by atoms with Gasteiger partial charge in [0.25, 0.3) is 0 Å². The van der Waals surface area contributed by atoms with Gasteiger partial charge in [0.1, 0.15) is 0 Å². The third kappa shape index (κ3) is 5.33. The first-order valence-corrected chi connectivity index (χ1v) is 7.79. The van der Waals surface area contributed by atoms with Crippen LogP contribution in [0.2, 0.25) is 0 Å². The van der Waals surface area contributed by atoms with Crippen LogP contribution in [-0.2, 0) is 11.3 Å². The summed E-state index contributed by atoms with van der Waals surface area (Å²) >= 11 is 0. The molecule has 0 spiro atoms. The molecule has 0 bridgehead atoms. The van der Waals surface area contributed by atoms with Gasteiger partial charge >= 0.3 is 0 Å². The van der Waals surface area contributed by atoms with Crippen molar-refractivity contribution in [1.29, 1.82) is 0 Å². The van der Waals surface area contributed by atoms with E-state index in [-0.39, 0.29) is 5.91 Å². The monoisotopic (exact) mass is 274 g/mol. The fourth-order valence-electron chi connectivity index (χ4n) is 2.69. The first-order chi connectivity index (χ1) is 9.74. The van der Waals surface area contributed by atoms with Crippen LogP contribution in [0.4, 0.5) is 0 Å². The maximum atomic E-state index is 11.8. The van der Waals surface area contributed by atoms with Gasteiger partial charge in [-0.1, -0.05) is 49.1 Å². The zero-order valence-corrected chi connectivity index (χ0v) is 12.5. The van der Waals surface area contributed by atoms with Crippen molar-refractivity contribution in [2.24, 2.45) is 0 Å². The first-order valence-electron chi connectivity index (χ1n) is 7.79. The number of aryl methyl sites for hydroxylation is 1. The van der Waals surface area contributed by atoms with Crippen LogP contribution >= 0.6 is 0 Å². The van der Waals surface area contributed by atoms with Gasteiger partial charge in [-0.25, -0.2) is 0 Å². The number of amides is 1. The summed E-state index contributed by atoms with van der Waals surface area (Å²) in [5.41, 5.74) is 2.55. The summed E-state index contributed by atoms with van der Waals surface area (Å²) in [5, 5.41) is 6.47. The van der Waals surface area contributed by atoms with E-state index in [4.69, 9.17) is 0 Å². The van der Waals surface area contributed by atoms with Crippen LogP contribution < -0.4 is 10.6 Å². The minimum Gasteiger partial charge on any atom is -0.353 e. The molecule has 1 aromatic carbocycles. The normalized spacial score (nSPS) is 16.1. The van der Waals surface area contributed by atoms with E-state index < -0.39 is 0 Å². The fourth-order valence-corrected chi connectivity index (χ4v) is 2.69. The summed E-state index contributed by atoms with van der Waals surface area (Å²) in [7, 11) is 0. The van der Waals surface area contributed by atoms with Crippen LogP contribution in [0.1, 0.15) is 49.7 Å². The Kier molecular flexibility index (Phi) is 6.06. The summed E-state index contributed by atoms with van der Waals surface area (Å²) < 4.78 is 0. The highest BCUT2D eigenvalue weighted by Crippen LogP contribution is 2.17. The molecule has 0 aromatic heterocycles. The van der Waals surface area contributed by atoms with Gasteiger partial charge in [-0.15, -0.1) is 0 Å². The quantitative estimate of drug-likeness (QED) is 0.783. The molecule has 0 saturated heterocycles. The van der Waals surface area contributed by atoms with Crippen molar-refractivity contribution in [3.8, 4) is 0 Å². The Balaban J connectivity index is 1.58. The second-order valence-corrected chi connectivity index (χ2v) is 5.81. The molecule has 0 radical (unpaired) electrons. The maximum absolute atomic E-state index is 11.8. The van der Waals surface area contributed by atoms with Gasteiger partial charge in [0.2, 0.25) is 5.91 Å². The Hall–Kier alpha value is -1.35. The lowest BCUT2D eigenvalue weighted by Crippen LogP contribution is -2.37. The van der Waals surface area contributed by atoms with Crippen molar-refractivity contribution in [2.45, 2.75) is 58.0 Å². The summed E-state index contributed by atoms with van der Waals surface area (Å²) in [6.07, 6.45) is 6.73. The number of hydrogen-bond donors (Lipinski definition) is 2. The molecule has 1 saturated carbocycles. The van der Waals surface area contributed by atoms with Crippen LogP contribution in [0.15, 0.2) is 24.3 Å². The second-order valence-electron chi connectivity index (χ2n) is 5.81. The number of benzene rings is 1. The number of carbonyl (C=O) groups excluding carboxylic acids is 1. The van der Waals surface area contributed by atoms with E-state index in [0.717, 1.165) is 25.9 Å². The molecule has 20 heavy (non-hydrogen) atoms. The molecule has 2 N–H and O–H groups in total. The summed E-state index contributed by atoms with van der Waals surface area (Å²) in [6, 6.07) is 8.92. The van der Waals surface area contributed by atoms with Gasteiger partial charge < -0.3 is 10.6 Å². The van der Waals surface area contributed by atoms with E-state index in [1.807, 2.05) is 0 Å². The fraction of sp³-hybridized carbons (Fsp3) is 0.588. The maximum Gasteiger partial charge on any atom is 0.221 e. The molecule has 3 heteroatoms. The SMILES string of the molecule is Cc1ccc(CNCCC(=O)NC2CCCCC2)cc1. The molecule has 2 rings (SSSR count). The van der Waals surface area contributed by atoms with E-state index in [1.54, 1.807) is 0 Å². The van der Waals surface area contributed by atoms with Crippen molar-refractivity contribution in [3.05, 3.63) is 35.4 Å². The number of carbonyl (C=O) groups is 1. The molecule has 0 heterocycles. The van der Waals surface area contributed by atoms with E-state index in [1.165, 1.54) is 30.4 Å². The second kappa shape index (κ2) is 8.05. The predicted molar refractivity (Wildman–Crippen MR) is 82.5 cm³/mol. The Bertz CT molecular complexity index is 408. The van der Waals surface area contributed by atoms with Crippen LogP contribution in [-0.4, -0.2) is 18.5 Å². The highest BCUT2D eigenvalue weighted by Gasteiger charge is 2.14. The average Bonchev–Trinajstić information content (AvgIpc) is 2.46. The number of nitrogens with one attached hydrogen (secondary N) is 2. The molecule has 1 aliphatic rings. The standard InChI is InChI=1S/C17H26N2O/c1-14-7-9-15(10-8-14)13-18-12-11-17(20)19-16-5-3-2-4-6-16/h7-10,16,18H,2-6,11-13H2,1H3,(H,19,20). The van der Waals surface area contributed by atoms with Gasteiger partial charge in [0.05, 0.1) is 0 Å². The lowest BCUT2D eigenvalue weighted by atomic mass is 9.95. The van der Waals surface area contributed by atoms with Crippen molar-refractivity contribution < 1.29 is 4.79 Å². The van der Waals surface area contributed by atoms with Crippen LogP contribution in [0.5, 0.6) is 0 Å². The molecule has 3 nitrogen and oxygen atoms in total. The Morgan fingerprint density at radius 1 is 1.15 bits per heavy atom. The number of rotatable bonds is 6. The minimum absolute atomic E-state index is 0.188. The molecule has 1 aliphatic carbocycles. The molecular weight excluding hydrogens is 248 g/mol. The van der Waals surface area contributed by atoms with E-state index in [0.29, 0.717) is 12.5 Å². The third-order valence-electron chi connectivity index (χ3n) is 3.95. The van der Waals surface area contributed by atoms with Gasteiger partial charge in [0, 0.05) is 25.6 Å². The third-order valence-corrected chi connectivity index (χ3v) is 3.95. The van der Waals surface area contributed by atoms with Crippen LogP contribution in [0, 0.1) is 6.92 Å². The molecule has 1 fully saturated rings. The van der Waals surface area contributed by atoms with Crippen molar-refractivity contribution >= 4 is 5.91 Å². The molecule has 1 amide bonds. The first kappa shape index (κ1) is 15.0. The Morgan fingerprint density at radius 3 is 2.55 bits per heavy atom. The van der Waals surface area contributed by atoms with Crippen molar-refractivity contribution in [2.75, 3.05) is 6.54 Å². The lowest BCUT2D eigenvalue weighted by Gasteiger charge is -2.22. The molecule has 0 aliphatic heterocycles. The zero-order chi connectivity index (χ0) is 14.2. The number of hydrogen-bond acceptors (Lipinski definition) is 2. The molecule has 1 aromatic rings. The zero-order valence-electron chi connectivity index (χ0n) is 12.5. The highest BCUT2D eigenvalue weighted by molar-refractivity contribution is 5.76. The molecule has 0 unspecified atom stereocenters. The summed E-state index contributed by atoms with van der Waals surface area (Å²) in [5.74, 6) is 0.188. The van der Waals surface area contributed by atoms with E-state index >= 15 is 0 Å². The molecular formula is C17H26N2O. The van der Waals surface area contributed by atoms with Crippen LogP contribution in [0.25, 0.3) is 0 Å². The lowest BCUT2D eigenvalue weighted by molar-refractivity contribution is -0.121. The minimum atomic E-state index is 0.188. The van der Waals surface area contributed by atoms with Gasteiger partial charge in [0.15, 0.2) is 0 Å². The Morgan fingerprint density at radius 2 is 1.85 bits per heavy atom. The van der Waals surface area contributed by atoms with Crippen molar-refractivity contribution in [1.82, 2.24) is 10.6 Å². The predicted octanol–water partition coefficient (Wildman–Crippen LogP) is 2.92. The summed E-state index contributed by atoms with van der Waals surface area (Å²) in [6.45, 7) is 3.66.